The Morgan fingerprint density at radius 1 is 1.00 bits per heavy atom. The predicted octanol–water partition coefficient (Wildman–Crippen LogP) is 4.14. The Labute approximate surface area is 118 Å². The zero-order valence-electron chi connectivity index (χ0n) is 11.8. The Hall–Kier alpha value is -2.35. The fraction of sp³-hybridized carbons (Fsp3) is 0.167. The van der Waals surface area contributed by atoms with Crippen LogP contribution in [0.5, 0.6) is 0 Å². The van der Waals surface area contributed by atoms with Gasteiger partial charge in [0.15, 0.2) is 5.78 Å². The molecule has 0 atom stereocenters. The summed E-state index contributed by atoms with van der Waals surface area (Å²) in [4.78, 5) is 12.5. The third kappa shape index (κ3) is 2.14. The molecule has 1 aromatic heterocycles. The Morgan fingerprint density at radius 3 is 2.50 bits per heavy atom. The summed E-state index contributed by atoms with van der Waals surface area (Å²) < 4.78 is 2.09. The quantitative estimate of drug-likeness (QED) is 0.651. The number of aromatic nitrogens is 1. The second-order valence-corrected chi connectivity index (χ2v) is 5.17. The van der Waals surface area contributed by atoms with E-state index >= 15 is 0 Å². The van der Waals surface area contributed by atoms with Crippen LogP contribution in [0.25, 0.3) is 10.9 Å². The van der Waals surface area contributed by atoms with Crippen molar-refractivity contribution < 1.29 is 4.79 Å². The molecule has 3 aromatic rings. The number of hydrogen-bond donors (Lipinski definition) is 0. The SMILES string of the molecule is Cc1ccccc1C(=O)Cn1c(C)cc2ccccc21. The van der Waals surface area contributed by atoms with Crippen LogP contribution < -0.4 is 0 Å². The third-order valence-electron chi connectivity index (χ3n) is 3.76. The van der Waals surface area contributed by atoms with Crippen molar-refractivity contribution in [2.45, 2.75) is 20.4 Å². The number of benzene rings is 2. The molecule has 3 rings (SSSR count). The Morgan fingerprint density at radius 2 is 1.70 bits per heavy atom. The molecular weight excluding hydrogens is 246 g/mol. The number of carbonyl (C=O) groups is 1. The number of ketones is 1. The van der Waals surface area contributed by atoms with Crippen LogP contribution in [0.3, 0.4) is 0 Å². The van der Waals surface area contributed by atoms with Crippen LogP contribution in [0.2, 0.25) is 0 Å². The largest absolute Gasteiger partial charge is 0.337 e. The number of hydrogen-bond acceptors (Lipinski definition) is 1. The summed E-state index contributed by atoms with van der Waals surface area (Å²) >= 11 is 0. The second-order valence-electron chi connectivity index (χ2n) is 5.17. The minimum Gasteiger partial charge on any atom is -0.337 e. The molecule has 20 heavy (non-hydrogen) atoms. The summed E-state index contributed by atoms with van der Waals surface area (Å²) in [5.41, 5.74) is 4.08. The first-order valence-electron chi connectivity index (χ1n) is 6.80. The van der Waals surface area contributed by atoms with Crippen LogP contribution >= 0.6 is 0 Å². The Bertz CT molecular complexity index is 783. The average molecular weight is 263 g/mol. The van der Waals surface area contributed by atoms with Crippen molar-refractivity contribution in [1.29, 1.82) is 0 Å². The van der Waals surface area contributed by atoms with Gasteiger partial charge < -0.3 is 4.57 Å². The lowest BCUT2D eigenvalue weighted by Crippen LogP contribution is -2.12. The van der Waals surface area contributed by atoms with E-state index in [0.29, 0.717) is 6.54 Å². The van der Waals surface area contributed by atoms with E-state index < -0.39 is 0 Å². The molecule has 0 spiro atoms. The molecule has 2 aromatic carbocycles. The van der Waals surface area contributed by atoms with E-state index in [-0.39, 0.29) is 5.78 Å². The number of para-hydroxylation sites is 1. The van der Waals surface area contributed by atoms with Crippen LogP contribution in [0.15, 0.2) is 54.6 Å². The van der Waals surface area contributed by atoms with Crippen molar-refractivity contribution in [3.05, 3.63) is 71.4 Å². The average Bonchev–Trinajstić information content (AvgIpc) is 2.76. The summed E-state index contributed by atoms with van der Waals surface area (Å²) in [5.74, 6) is 0.160. The minimum absolute atomic E-state index is 0.160. The zero-order chi connectivity index (χ0) is 14.1. The van der Waals surface area contributed by atoms with E-state index in [1.807, 2.05) is 50.2 Å². The number of aryl methyl sites for hydroxylation is 2. The van der Waals surface area contributed by atoms with Gasteiger partial charge in [-0.05, 0) is 36.9 Å². The van der Waals surface area contributed by atoms with Gasteiger partial charge in [-0.3, -0.25) is 4.79 Å². The summed E-state index contributed by atoms with van der Waals surface area (Å²) in [6.07, 6.45) is 0. The van der Waals surface area contributed by atoms with Gasteiger partial charge in [-0.25, -0.2) is 0 Å². The monoisotopic (exact) mass is 263 g/mol. The zero-order valence-corrected chi connectivity index (χ0v) is 11.8. The van der Waals surface area contributed by atoms with Gasteiger partial charge in [0.05, 0.1) is 6.54 Å². The molecule has 0 N–H and O–H groups in total. The van der Waals surface area contributed by atoms with Crippen LogP contribution in [0.1, 0.15) is 21.6 Å². The van der Waals surface area contributed by atoms with Gasteiger partial charge in [-0.2, -0.15) is 0 Å². The number of nitrogens with zero attached hydrogens (tertiary/aromatic N) is 1. The summed E-state index contributed by atoms with van der Waals surface area (Å²) in [6, 6.07) is 18.1. The molecule has 0 amide bonds. The summed E-state index contributed by atoms with van der Waals surface area (Å²) in [6.45, 7) is 4.42. The molecule has 0 saturated heterocycles. The minimum atomic E-state index is 0.160. The number of rotatable bonds is 3. The number of fused-ring (bicyclic) bond motifs is 1. The highest BCUT2D eigenvalue weighted by Gasteiger charge is 2.12. The maximum atomic E-state index is 12.5. The topological polar surface area (TPSA) is 22.0 Å². The maximum absolute atomic E-state index is 12.5. The van der Waals surface area contributed by atoms with E-state index in [0.717, 1.165) is 22.3 Å². The van der Waals surface area contributed by atoms with Crippen molar-refractivity contribution >= 4 is 16.7 Å². The van der Waals surface area contributed by atoms with Gasteiger partial charge in [0.1, 0.15) is 0 Å². The molecule has 0 aliphatic rings. The van der Waals surface area contributed by atoms with Gasteiger partial charge in [0.2, 0.25) is 0 Å². The molecule has 0 radical (unpaired) electrons. The van der Waals surface area contributed by atoms with Gasteiger partial charge >= 0.3 is 0 Å². The van der Waals surface area contributed by atoms with E-state index in [4.69, 9.17) is 0 Å². The van der Waals surface area contributed by atoms with Gasteiger partial charge in [-0.15, -0.1) is 0 Å². The molecule has 2 nitrogen and oxygen atoms in total. The van der Waals surface area contributed by atoms with Crippen LogP contribution in [-0.4, -0.2) is 10.4 Å². The first-order valence-corrected chi connectivity index (χ1v) is 6.80. The lowest BCUT2D eigenvalue weighted by Gasteiger charge is -2.09. The molecule has 0 fully saturated rings. The van der Waals surface area contributed by atoms with Gasteiger partial charge in [0.25, 0.3) is 0 Å². The molecule has 1 heterocycles. The Balaban J connectivity index is 2.00. The fourth-order valence-electron chi connectivity index (χ4n) is 2.67. The first-order chi connectivity index (χ1) is 9.66. The smallest absolute Gasteiger partial charge is 0.182 e. The molecule has 2 heteroatoms. The molecule has 0 bridgehead atoms. The van der Waals surface area contributed by atoms with E-state index in [9.17, 15) is 4.79 Å². The highest BCUT2D eigenvalue weighted by atomic mass is 16.1. The van der Waals surface area contributed by atoms with Crippen molar-refractivity contribution in [2.75, 3.05) is 0 Å². The molecule has 0 unspecified atom stereocenters. The molecule has 100 valence electrons. The van der Waals surface area contributed by atoms with Crippen molar-refractivity contribution in [2.24, 2.45) is 0 Å². The highest BCUT2D eigenvalue weighted by Crippen LogP contribution is 2.20. The summed E-state index contributed by atoms with van der Waals surface area (Å²) in [7, 11) is 0. The fourth-order valence-corrected chi connectivity index (χ4v) is 2.67. The molecular formula is C18H17NO. The van der Waals surface area contributed by atoms with Gasteiger partial charge in [0, 0.05) is 16.8 Å². The third-order valence-corrected chi connectivity index (χ3v) is 3.76. The van der Waals surface area contributed by atoms with E-state index in [2.05, 4.69) is 22.8 Å². The van der Waals surface area contributed by atoms with Gasteiger partial charge in [-0.1, -0.05) is 42.5 Å². The summed E-state index contributed by atoms with van der Waals surface area (Å²) in [5, 5.41) is 1.18. The maximum Gasteiger partial charge on any atom is 0.182 e. The van der Waals surface area contributed by atoms with Crippen molar-refractivity contribution in [3.8, 4) is 0 Å². The molecule has 0 aliphatic carbocycles. The van der Waals surface area contributed by atoms with Crippen molar-refractivity contribution in [1.82, 2.24) is 4.57 Å². The Kier molecular flexibility index (Phi) is 3.15. The van der Waals surface area contributed by atoms with Crippen LogP contribution in [0.4, 0.5) is 0 Å². The first kappa shape index (κ1) is 12.7. The van der Waals surface area contributed by atoms with Crippen LogP contribution in [-0.2, 0) is 6.54 Å². The lowest BCUT2D eigenvalue weighted by atomic mass is 10.0. The molecule has 0 aliphatic heterocycles. The molecule has 0 saturated carbocycles. The van der Waals surface area contributed by atoms with E-state index in [1.54, 1.807) is 0 Å². The predicted molar refractivity (Wildman–Crippen MR) is 82.2 cm³/mol. The lowest BCUT2D eigenvalue weighted by molar-refractivity contribution is 0.0972. The highest BCUT2D eigenvalue weighted by molar-refractivity contribution is 5.98. The standard InChI is InChI=1S/C18H17NO/c1-13-7-3-5-9-16(13)18(20)12-19-14(2)11-15-8-4-6-10-17(15)19/h3-11H,12H2,1-2H3. The number of carbonyl (C=O) groups excluding carboxylic acids is 1. The normalized spacial score (nSPS) is 10.9. The van der Waals surface area contributed by atoms with Crippen molar-refractivity contribution in [3.63, 3.8) is 0 Å². The second kappa shape index (κ2) is 4.97. The van der Waals surface area contributed by atoms with Crippen LogP contribution in [0, 0.1) is 13.8 Å². The number of Topliss-reactive ketones (excluding diaryl/α,β-unsaturated/α-hetero) is 1. The van der Waals surface area contributed by atoms with E-state index in [1.165, 1.54) is 5.39 Å².